The number of nitrogens with zero attached hydrogens (tertiary/aromatic N) is 1. The summed E-state index contributed by atoms with van der Waals surface area (Å²) in [6, 6.07) is 19.3. The van der Waals surface area contributed by atoms with Crippen molar-refractivity contribution < 1.29 is 38.4 Å². The number of hydrogen-bond acceptors (Lipinski definition) is 10. The Morgan fingerprint density at radius 1 is 1.02 bits per heavy atom. The Morgan fingerprint density at radius 2 is 1.76 bits per heavy atom. The molecule has 4 rings (SSSR count). The van der Waals surface area contributed by atoms with Crippen LogP contribution in [0.5, 0.6) is 23.0 Å². The molecule has 0 spiro atoms. The number of carbonyl (C=O) groups excluding carboxylic acids is 1. The number of hydrogen-bond donors (Lipinski definition) is 2. The van der Waals surface area contributed by atoms with E-state index in [2.05, 4.69) is 21.7 Å². The third-order valence-electron chi connectivity index (χ3n) is 6.55. The highest BCUT2D eigenvalue weighted by atomic mass is 16.9. The van der Waals surface area contributed by atoms with E-state index in [1.54, 1.807) is 31.4 Å². The second kappa shape index (κ2) is 16.4. The van der Waals surface area contributed by atoms with Crippen LogP contribution in [0.1, 0.15) is 23.7 Å². The van der Waals surface area contributed by atoms with E-state index in [0.29, 0.717) is 36.0 Å². The van der Waals surface area contributed by atoms with Gasteiger partial charge in [-0.1, -0.05) is 55.1 Å². The number of rotatable bonds is 17. The standard InChI is InChI=1S/C33H35N3O9/c1-4-11-26-25(5-2)32-27(35-26)13-10-17-31(32)42-22-24(20-34-18-19-41-30-16-9-8-15-29(30)40-3)44-33(37)45-28-14-7-6-12-23(28)21-43-36(38)39/h4-17,24,34-35H,2,18-22H2,1,3H3/b11-4-. The van der Waals surface area contributed by atoms with Crippen molar-refractivity contribution in [2.24, 2.45) is 0 Å². The summed E-state index contributed by atoms with van der Waals surface area (Å²) < 4.78 is 28.4. The van der Waals surface area contributed by atoms with Crippen molar-refractivity contribution in [2.45, 2.75) is 19.6 Å². The van der Waals surface area contributed by atoms with Gasteiger partial charge in [0.05, 0.1) is 12.6 Å². The molecule has 0 aliphatic heterocycles. The molecule has 12 heteroatoms. The van der Waals surface area contributed by atoms with Crippen LogP contribution >= 0.6 is 0 Å². The fourth-order valence-electron chi connectivity index (χ4n) is 4.54. The first-order valence-corrected chi connectivity index (χ1v) is 14.2. The monoisotopic (exact) mass is 617 g/mol. The molecule has 0 fully saturated rings. The van der Waals surface area contributed by atoms with Crippen LogP contribution in [-0.4, -0.2) is 55.7 Å². The zero-order chi connectivity index (χ0) is 32.0. The highest BCUT2D eigenvalue weighted by molar-refractivity contribution is 5.97. The Hall–Kier alpha value is -5.49. The van der Waals surface area contributed by atoms with E-state index in [0.717, 1.165) is 22.2 Å². The normalized spacial score (nSPS) is 11.6. The van der Waals surface area contributed by atoms with E-state index >= 15 is 0 Å². The fourth-order valence-corrected chi connectivity index (χ4v) is 4.54. The number of benzene rings is 3. The fraction of sp³-hybridized carbons (Fsp3) is 0.242. The molecule has 236 valence electrons. The Balaban J connectivity index is 1.45. The summed E-state index contributed by atoms with van der Waals surface area (Å²) in [5.74, 6) is 1.88. The number of ether oxygens (including phenoxy) is 5. The topological polar surface area (TPSA) is 143 Å². The number of nitrogens with one attached hydrogen (secondary N) is 2. The molecule has 0 saturated carbocycles. The number of para-hydroxylation sites is 3. The number of H-pyrrole nitrogens is 1. The molecule has 3 aromatic carbocycles. The van der Waals surface area contributed by atoms with Crippen molar-refractivity contribution in [1.29, 1.82) is 0 Å². The van der Waals surface area contributed by atoms with Crippen molar-refractivity contribution in [3.63, 3.8) is 0 Å². The molecule has 0 aliphatic carbocycles. The minimum absolute atomic E-state index is 0.0125. The predicted molar refractivity (Wildman–Crippen MR) is 169 cm³/mol. The van der Waals surface area contributed by atoms with Crippen LogP contribution < -0.4 is 24.3 Å². The highest BCUT2D eigenvalue weighted by Crippen LogP contribution is 2.33. The third-order valence-corrected chi connectivity index (χ3v) is 6.55. The minimum Gasteiger partial charge on any atom is -0.493 e. The van der Waals surface area contributed by atoms with Gasteiger partial charge in [0, 0.05) is 35.3 Å². The highest BCUT2D eigenvalue weighted by Gasteiger charge is 2.20. The number of methoxy groups -OCH3 is 1. The van der Waals surface area contributed by atoms with Gasteiger partial charge in [0.15, 0.2) is 17.6 Å². The second-order valence-electron chi connectivity index (χ2n) is 9.55. The maximum atomic E-state index is 12.9. The van der Waals surface area contributed by atoms with E-state index in [-0.39, 0.29) is 18.9 Å². The molecule has 45 heavy (non-hydrogen) atoms. The number of aromatic amines is 1. The van der Waals surface area contributed by atoms with Gasteiger partial charge in [-0.25, -0.2) is 4.79 Å². The molecule has 0 radical (unpaired) electrons. The van der Waals surface area contributed by atoms with Gasteiger partial charge in [0.2, 0.25) is 0 Å². The van der Waals surface area contributed by atoms with Gasteiger partial charge < -0.3 is 38.8 Å². The molecule has 1 heterocycles. The second-order valence-corrected chi connectivity index (χ2v) is 9.55. The molecular weight excluding hydrogens is 582 g/mol. The molecule has 0 aliphatic rings. The lowest BCUT2D eigenvalue weighted by molar-refractivity contribution is -0.763. The van der Waals surface area contributed by atoms with Gasteiger partial charge in [-0.2, -0.15) is 0 Å². The summed E-state index contributed by atoms with van der Waals surface area (Å²) in [6.45, 7) is 6.44. The average Bonchev–Trinajstić information content (AvgIpc) is 3.40. The molecule has 12 nitrogen and oxygen atoms in total. The Morgan fingerprint density at radius 3 is 2.49 bits per heavy atom. The Kier molecular flexibility index (Phi) is 11.8. The van der Waals surface area contributed by atoms with Crippen LogP contribution in [0.15, 0.2) is 79.4 Å². The van der Waals surface area contributed by atoms with E-state index in [1.807, 2.05) is 61.5 Å². The number of fused-ring (bicyclic) bond motifs is 1. The maximum Gasteiger partial charge on any atom is 0.514 e. The van der Waals surface area contributed by atoms with Crippen LogP contribution in [0, 0.1) is 10.1 Å². The minimum atomic E-state index is -1.01. The SMILES string of the molecule is C=Cc1c(/C=C\C)[nH]c2cccc(OCC(CNCCOc3ccccc3OC)OC(=O)Oc3ccccc3CO[N+](=O)[O-])c12. The average molecular weight is 618 g/mol. The quantitative estimate of drug-likeness (QED) is 0.0463. The van der Waals surface area contributed by atoms with Gasteiger partial charge in [-0.3, -0.25) is 0 Å². The molecule has 1 aromatic heterocycles. The zero-order valence-corrected chi connectivity index (χ0v) is 25.0. The molecule has 4 aromatic rings. The smallest absolute Gasteiger partial charge is 0.493 e. The van der Waals surface area contributed by atoms with Crippen molar-refractivity contribution in [1.82, 2.24) is 10.3 Å². The molecule has 2 N–H and O–H groups in total. The van der Waals surface area contributed by atoms with E-state index in [4.69, 9.17) is 23.7 Å². The van der Waals surface area contributed by atoms with E-state index in [1.165, 1.54) is 6.07 Å². The van der Waals surface area contributed by atoms with Crippen molar-refractivity contribution >= 4 is 29.2 Å². The van der Waals surface area contributed by atoms with Gasteiger partial charge >= 0.3 is 6.16 Å². The zero-order valence-electron chi connectivity index (χ0n) is 25.0. The van der Waals surface area contributed by atoms with Crippen LogP contribution in [0.25, 0.3) is 23.1 Å². The molecule has 0 bridgehead atoms. The van der Waals surface area contributed by atoms with Gasteiger partial charge in [0.25, 0.3) is 5.09 Å². The Bertz CT molecular complexity index is 1630. The first-order chi connectivity index (χ1) is 21.9. The first kappa shape index (κ1) is 32.4. The van der Waals surface area contributed by atoms with Gasteiger partial charge in [-0.05, 0) is 43.3 Å². The molecule has 1 atom stereocenters. The van der Waals surface area contributed by atoms with Crippen LogP contribution in [0.4, 0.5) is 4.79 Å². The van der Waals surface area contributed by atoms with E-state index < -0.39 is 24.0 Å². The summed E-state index contributed by atoms with van der Waals surface area (Å²) in [6.07, 6.45) is 3.84. The number of allylic oxidation sites excluding steroid dienone is 1. The predicted octanol–water partition coefficient (Wildman–Crippen LogP) is 6.19. The third kappa shape index (κ3) is 9.00. The van der Waals surface area contributed by atoms with Crippen molar-refractivity contribution in [3.8, 4) is 23.0 Å². The van der Waals surface area contributed by atoms with Gasteiger partial charge in [0.1, 0.15) is 31.3 Å². The lowest BCUT2D eigenvalue weighted by atomic mass is 10.1. The largest absolute Gasteiger partial charge is 0.514 e. The van der Waals surface area contributed by atoms with Gasteiger partial charge in [-0.15, -0.1) is 10.1 Å². The first-order valence-electron chi connectivity index (χ1n) is 14.2. The lowest BCUT2D eigenvalue weighted by Gasteiger charge is -2.20. The van der Waals surface area contributed by atoms with Crippen molar-refractivity contribution in [2.75, 3.05) is 33.4 Å². The lowest BCUT2D eigenvalue weighted by Crippen LogP contribution is -2.38. The van der Waals surface area contributed by atoms with Crippen molar-refractivity contribution in [3.05, 3.63) is 106 Å². The summed E-state index contributed by atoms with van der Waals surface area (Å²) in [5.41, 5.74) is 2.95. The summed E-state index contributed by atoms with van der Waals surface area (Å²) in [4.78, 5) is 31.4. The molecule has 0 saturated heterocycles. The maximum absolute atomic E-state index is 12.9. The van der Waals surface area contributed by atoms with Crippen LogP contribution in [0.2, 0.25) is 0 Å². The summed E-state index contributed by atoms with van der Waals surface area (Å²) in [7, 11) is 1.57. The number of carbonyl (C=O) groups is 1. The molecule has 1 unspecified atom stereocenters. The van der Waals surface area contributed by atoms with Crippen LogP contribution in [-0.2, 0) is 16.2 Å². The summed E-state index contributed by atoms with van der Waals surface area (Å²) >= 11 is 0. The molecular formula is C33H35N3O9. The summed E-state index contributed by atoms with van der Waals surface area (Å²) in [5, 5.41) is 13.8. The number of aromatic nitrogens is 1. The molecule has 0 amide bonds. The van der Waals surface area contributed by atoms with E-state index in [9.17, 15) is 14.9 Å². The Labute approximate surface area is 260 Å². The van der Waals surface area contributed by atoms with Crippen LogP contribution in [0.3, 0.4) is 0 Å².